The third-order valence-corrected chi connectivity index (χ3v) is 3.15. The Bertz CT molecular complexity index is 335. The molecule has 0 radical (unpaired) electrons. The lowest BCUT2D eigenvalue weighted by Crippen LogP contribution is -2.25. The first kappa shape index (κ1) is 12.8. The number of nitrogens with two attached hydrogens (primary N) is 1. The van der Waals surface area contributed by atoms with Crippen molar-refractivity contribution in [1.82, 2.24) is 0 Å². The van der Waals surface area contributed by atoms with Gasteiger partial charge in [-0.05, 0) is 31.0 Å². The van der Waals surface area contributed by atoms with Gasteiger partial charge in [-0.25, -0.2) is 4.39 Å². The quantitative estimate of drug-likeness (QED) is 0.749. The molecule has 1 aromatic rings. The Morgan fingerprint density at radius 2 is 1.94 bits per heavy atom. The van der Waals surface area contributed by atoms with Gasteiger partial charge in [0.1, 0.15) is 5.82 Å². The number of benzene rings is 1. The fourth-order valence-corrected chi connectivity index (χ4v) is 2.02. The summed E-state index contributed by atoms with van der Waals surface area (Å²) in [6.45, 7) is 6.50. The van der Waals surface area contributed by atoms with E-state index in [9.17, 15) is 4.39 Å². The van der Waals surface area contributed by atoms with Gasteiger partial charge in [0.05, 0.1) is 11.4 Å². The molecule has 0 aliphatic rings. The first-order valence-electron chi connectivity index (χ1n) is 5.90. The number of anilines is 2. The van der Waals surface area contributed by atoms with Crippen LogP contribution in [-0.2, 0) is 0 Å². The molecule has 0 heterocycles. The van der Waals surface area contributed by atoms with Crippen LogP contribution in [0.5, 0.6) is 0 Å². The smallest absolute Gasteiger partial charge is 0.125 e. The summed E-state index contributed by atoms with van der Waals surface area (Å²) < 4.78 is 12.9. The van der Waals surface area contributed by atoms with Gasteiger partial charge >= 0.3 is 0 Å². The van der Waals surface area contributed by atoms with E-state index in [0.717, 1.165) is 18.5 Å². The van der Waals surface area contributed by atoms with Gasteiger partial charge in [-0.3, -0.25) is 0 Å². The zero-order valence-electron chi connectivity index (χ0n) is 10.3. The number of nitrogens with one attached hydrogen (secondary N) is 1. The maximum absolute atomic E-state index is 12.9. The molecule has 0 spiro atoms. The van der Waals surface area contributed by atoms with E-state index in [-0.39, 0.29) is 5.82 Å². The molecule has 1 aromatic carbocycles. The fraction of sp³-hybridized carbons (Fsp3) is 0.538. The van der Waals surface area contributed by atoms with Crippen molar-refractivity contribution >= 4 is 11.4 Å². The minimum Gasteiger partial charge on any atom is -0.397 e. The Morgan fingerprint density at radius 1 is 1.31 bits per heavy atom. The lowest BCUT2D eigenvalue weighted by atomic mass is 9.95. The Balaban J connectivity index is 2.72. The van der Waals surface area contributed by atoms with E-state index in [1.165, 1.54) is 12.1 Å². The summed E-state index contributed by atoms with van der Waals surface area (Å²) in [5.74, 6) is 0.322. The molecule has 0 bridgehead atoms. The van der Waals surface area contributed by atoms with Crippen molar-refractivity contribution in [3.63, 3.8) is 0 Å². The Morgan fingerprint density at radius 3 is 2.44 bits per heavy atom. The van der Waals surface area contributed by atoms with Crippen molar-refractivity contribution in [2.45, 2.75) is 39.7 Å². The number of rotatable bonds is 5. The predicted molar refractivity (Wildman–Crippen MR) is 68.0 cm³/mol. The molecule has 1 atom stereocenters. The van der Waals surface area contributed by atoms with Gasteiger partial charge < -0.3 is 11.1 Å². The molecule has 0 saturated carbocycles. The maximum Gasteiger partial charge on any atom is 0.125 e. The number of halogens is 1. The molecule has 0 fully saturated rings. The normalized spacial score (nSPS) is 12.8. The van der Waals surface area contributed by atoms with E-state index >= 15 is 0 Å². The molecule has 0 amide bonds. The Hall–Kier alpha value is -1.25. The molecule has 90 valence electrons. The standard InChI is InChI=1S/C13H21FN2/c1-4-10(5-2)9(3)16-13-7-6-11(14)8-12(13)15/h6-10,16H,4-5,15H2,1-3H3. The summed E-state index contributed by atoms with van der Waals surface area (Å²) in [5, 5.41) is 3.35. The summed E-state index contributed by atoms with van der Waals surface area (Å²) in [6.07, 6.45) is 2.26. The molecule has 1 rings (SSSR count). The van der Waals surface area contributed by atoms with Crippen LogP contribution in [0.1, 0.15) is 33.6 Å². The summed E-state index contributed by atoms with van der Waals surface area (Å²) in [6, 6.07) is 4.83. The van der Waals surface area contributed by atoms with Crippen LogP contribution in [0.2, 0.25) is 0 Å². The highest BCUT2D eigenvalue weighted by molar-refractivity contribution is 5.66. The number of hydrogen-bond donors (Lipinski definition) is 2. The SMILES string of the molecule is CCC(CC)C(C)Nc1ccc(F)cc1N. The minimum atomic E-state index is -0.293. The topological polar surface area (TPSA) is 38.0 Å². The van der Waals surface area contributed by atoms with Gasteiger partial charge in [-0.15, -0.1) is 0 Å². The zero-order valence-corrected chi connectivity index (χ0v) is 10.3. The van der Waals surface area contributed by atoms with E-state index < -0.39 is 0 Å². The molecular weight excluding hydrogens is 203 g/mol. The van der Waals surface area contributed by atoms with Crippen molar-refractivity contribution in [2.75, 3.05) is 11.1 Å². The lowest BCUT2D eigenvalue weighted by Gasteiger charge is -2.24. The van der Waals surface area contributed by atoms with Crippen LogP contribution < -0.4 is 11.1 Å². The predicted octanol–water partition coefficient (Wildman–Crippen LogP) is 3.64. The molecule has 16 heavy (non-hydrogen) atoms. The first-order chi connectivity index (χ1) is 7.58. The number of hydrogen-bond acceptors (Lipinski definition) is 2. The maximum atomic E-state index is 12.9. The molecule has 0 saturated heterocycles. The highest BCUT2D eigenvalue weighted by Crippen LogP contribution is 2.23. The van der Waals surface area contributed by atoms with Crippen LogP contribution in [-0.4, -0.2) is 6.04 Å². The van der Waals surface area contributed by atoms with E-state index in [1.807, 2.05) is 0 Å². The van der Waals surface area contributed by atoms with Crippen molar-refractivity contribution in [3.05, 3.63) is 24.0 Å². The summed E-state index contributed by atoms with van der Waals surface area (Å²) in [5.41, 5.74) is 7.04. The lowest BCUT2D eigenvalue weighted by molar-refractivity contribution is 0.438. The minimum absolute atomic E-state index is 0.293. The average molecular weight is 224 g/mol. The summed E-state index contributed by atoms with van der Waals surface area (Å²) in [4.78, 5) is 0. The molecular formula is C13H21FN2. The summed E-state index contributed by atoms with van der Waals surface area (Å²) in [7, 11) is 0. The van der Waals surface area contributed by atoms with Crippen LogP contribution in [0.15, 0.2) is 18.2 Å². The summed E-state index contributed by atoms with van der Waals surface area (Å²) >= 11 is 0. The molecule has 2 nitrogen and oxygen atoms in total. The van der Waals surface area contributed by atoms with Crippen LogP contribution in [0.3, 0.4) is 0 Å². The van der Waals surface area contributed by atoms with E-state index in [0.29, 0.717) is 17.6 Å². The van der Waals surface area contributed by atoms with Crippen LogP contribution in [0.25, 0.3) is 0 Å². The van der Waals surface area contributed by atoms with Gasteiger partial charge in [0.2, 0.25) is 0 Å². The van der Waals surface area contributed by atoms with E-state index in [4.69, 9.17) is 5.73 Å². The second-order valence-electron chi connectivity index (χ2n) is 4.24. The van der Waals surface area contributed by atoms with Crippen LogP contribution in [0.4, 0.5) is 15.8 Å². The highest BCUT2D eigenvalue weighted by atomic mass is 19.1. The molecule has 0 aromatic heterocycles. The first-order valence-corrected chi connectivity index (χ1v) is 5.90. The third kappa shape index (κ3) is 3.12. The van der Waals surface area contributed by atoms with Crippen molar-refractivity contribution in [1.29, 1.82) is 0 Å². The molecule has 0 aliphatic heterocycles. The van der Waals surface area contributed by atoms with Crippen LogP contribution in [0, 0.1) is 11.7 Å². The van der Waals surface area contributed by atoms with Crippen LogP contribution >= 0.6 is 0 Å². The fourth-order valence-electron chi connectivity index (χ4n) is 2.02. The molecule has 0 aliphatic carbocycles. The average Bonchev–Trinajstić information content (AvgIpc) is 2.24. The molecule has 3 heteroatoms. The zero-order chi connectivity index (χ0) is 12.1. The van der Waals surface area contributed by atoms with Gasteiger partial charge in [0.15, 0.2) is 0 Å². The monoisotopic (exact) mass is 224 g/mol. The van der Waals surface area contributed by atoms with Gasteiger partial charge in [-0.1, -0.05) is 26.7 Å². The highest BCUT2D eigenvalue weighted by Gasteiger charge is 2.14. The second kappa shape index (κ2) is 5.73. The molecule has 3 N–H and O–H groups in total. The van der Waals surface area contributed by atoms with E-state index in [2.05, 4.69) is 26.1 Å². The second-order valence-corrected chi connectivity index (χ2v) is 4.24. The number of nitrogen functional groups attached to an aromatic ring is 1. The Kier molecular flexibility index (Phi) is 4.59. The van der Waals surface area contributed by atoms with Gasteiger partial charge in [0.25, 0.3) is 0 Å². The van der Waals surface area contributed by atoms with Crippen molar-refractivity contribution in [3.8, 4) is 0 Å². The van der Waals surface area contributed by atoms with Gasteiger partial charge in [0, 0.05) is 6.04 Å². The third-order valence-electron chi connectivity index (χ3n) is 3.15. The van der Waals surface area contributed by atoms with Crippen molar-refractivity contribution < 1.29 is 4.39 Å². The van der Waals surface area contributed by atoms with Crippen molar-refractivity contribution in [2.24, 2.45) is 5.92 Å². The van der Waals surface area contributed by atoms with Gasteiger partial charge in [-0.2, -0.15) is 0 Å². The Labute approximate surface area is 97.0 Å². The van der Waals surface area contributed by atoms with E-state index in [1.54, 1.807) is 6.07 Å². The molecule has 1 unspecified atom stereocenters. The largest absolute Gasteiger partial charge is 0.397 e.